The molecule has 4 rings (SSSR count). The molecule has 10 heteroatoms. The van der Waals surface area contributed by atoms with Gasteiger partial charge in [-0.05, 0) is 30.3 Å². The zero-order valence-electron chi connectivity index (χ0n) is 17.3. The lowest BCUT2D eigenvalue weighted by Gasteiger charge is -2.14. The van der Waals surface area contributed by atoms with Gasteiger partial charge in [0.05, 0.1) is 21.3 Å². The van der Waals surface area contributed by atoms with Crippen LogP contribution >= 0.6 is 0 Å². The Morgan fingerprint density at radius 1 is 0.781 bits per heavy atom. The molecule has 0 aliphatic rings. The van der Waals surface area contributed by atoms with E-state index in [9.17, 15) is 13.2 Å². The second-order valence-electron chi connectivity index (χ2n) is 6.63. The summed E-state index contributed by atoms with van der Waals surface area (Å²) in [4.78, 5) is 0. The number of benzene rings is 2. The highest BCUT2D eigenvalue weighted by molar-refractivity contribution is 5.73. The molecule has 0 bridgehead atoms. The standard InChI is InChI=1S/C22H18F3N3O4/c1-29-17-10-14(11-18(30-2)20(17)31-3)21-27-26-19-9-8-13(12-28(19)21)15-6-4-5-7-16(15)32-22(23,24)25/h4-12H,1-3H3. The number of halogens is 3. The fraction of sp³-hybridized carbons (Fsp3) is 0.182. The molecule has 0 aliphatic heterocycles. The van der Waals surface area contributed by atoms with Gasteiger partial charge in [-0.3, -0.25) is 4.40 Å². The largest absolute Gasteiger partial charge is 0.573 e. The van der Waals surface area contributed by atoms with E-state index in [-0.39, 0.29) is 11.3 Å². The van der Waals surface area contributed by atoms with E-state index in [4.69, 9.17) is 14.2 Å². The normalized spacial score (nSPS) is 11.4. The molecular weight excluding hydrogens is 427 g/mol. The molecule has 0 atom stereocenters. The van der Waals surface area contributed by atoms with Crippen LogP contribution in [-0.4, -0.2) is 42.3 Å². The third kappa shape index (κ3) is 3.98. The number of para-hydroxylation sites is 1. The summed E-state index contributed by atoms with van der Waals surface area (Å²) in [6.45, 7) is 0. The van der Waals surface area contributed by atoms with Crippen molar-refractivity contribution in [3.8, 4) is 45.5 Å². The molecule has 0 N–H and O–H groups in total. The highest BCUT2D eigenvalue weighted by atomic mass is 19.4. The molecule has 0 saturated heterocycles. The molecule has 2 heterocycles. The number of rotatable bonds is 6. The van der Waals surface area contributed by atoms with Crippen LogP contribution in [0.5, 0.6) is 23.0 Å². The van der Waals surface area contributed by atoms with Crippen LogP contribution in [0.2, 0.25) is 0 Å². The van der Waals surface area contributed by atoms with Gasteiger partial charge >= 0.3 is 6.36 Å². The van der Waals surface area contributed by atoms with Crippen molar-refractivity contribution < 1.29 is 32.1 Å². The monoisotopic (exact) mass is 445 g/mol. The van der Waals surface area contributed by atoms with Crippen LogP contribution in [0.3, 0.4) is 0 Å². The maximum absolute atomic E-state index is 12.8. The zero-order valence-corrected chi connectivity index (χ0v) is 17.3. The van der Waals surface area contributed by atoms with E-state index in [1.165, 1.54) is 33.5 Å². The summed E-state index contributed by atoms with van der Waals surface area (Å²) in [6.07, 6.45) is -3.16. The third-order valence-corrected chi connectivity index (χ3v) is 4.75. The molecule has 0 radical (unpaired) electrons. The lowest BCUT2D eigenvalue weighted by Crippen LogP contribution is -2.17. The Morgan fingerprint density at radius 2 is 1.47 bits per heavy atom. The van der Waals surface area contributed by atoms with Crippen molar-refractivity contribution in [3.05, 3.63) is 54.7 Å². The Labute approximate surface area is 180 Å². The van der Waals surface area contributed by atoms with Crippen LogP contribution in [-0.2, 0) is 0 Å². The molecular formula is C22H18F3N3O4. The number of fused-ring (bicyclic) bond motifs is 1. The van der Waals surface area contributed by atoms with Gasteiger partial charge in [0.25, 0.3) is 0 Å². The third-order valence-electron chi connectivity index (χ3n) is 4.75. The molecule has 7 nitrogen and oxygen atoms in total. The molecule has 0 amide bonds. The number of alkyl halides is 3. The summed E-state index contributed by atoms with van der Waals surface area (Å²) in [5.74, 6) is 1.42. The van der Waals surface area contributed by atoms with Crippen molar-refractivity contribution in [2.75, 3.05) is 21.3 Å². The van der Waals surface area contributed by atoms with E-state index in [0.29, 0.717) is 39.8 Å². The van der Waals surface area contributed by atoms with Gasteiger partial charge < -0.3 is 18.9 Å². The average molecular weight is 445 g/mol. The highest BCUT2D eigenvalue weighted by Gasteiger charge is 2.32. The number of methoxy groups -OCH3 is 3. The number of hydrogen-bond donors (Lipinski definition) is 0. The van der Waals surface area contributed by atoms with Gasteiger partial charge in [0, 0.05) is 22.9 Å². The van der Waals surface area contributed by atoms with Crippen LogP contribution in [0.1, 0.15) is 0 Å². The molecule has 166 valence electrons. The lowest BCUT2D eigenvalue weighted by atomic mass is 10.1. The molecule has 4 aromatic rings. The molecule has 0 aliphatic carbocycles. The second-order valence-corrected chi connectivity index (χ2v) is 6.63. The SMILES string of the molecule is COc1cc(-c2nnc3ccc(-c4ccccc4OC(F)(F)F)cn23)cc(OC)c1OC. The van der Waals surface area contributed by atoms with Crippen LogP contribution in [0, 0.1) is 0 Å². The van der Waals surface area contributed by atoms with Crippen molar-refractivity contribution in [1.82, 2.24) is 14.6 Å². The van der Waals surface area contributed by atoms with Gasteiger partial charge in [-0.25, -0.2) is 0 Å². The quantitative estimate of drug-likeness (QED) is 0.417. The minimum Gasteiger partial charge on any atom is -0.493 e. The zero-order chi connectivity index (χ0) is 22.9. The fourth-order valence-electron chi connectivity index (χ4n) is 3.38. The van der Waals surface area contributed by atoms with Crippen LogP contribution < -0.4 is 18.9 Å². The van der Waals surface area contributed by atoms with Gasteiger partial charge in [0.1, 0.15) is 5.75 Å². The Balaban J connectivity index is 1.86. The minimum atomic E-state index is -4.81. The smallest absolute Gasteiger partial charge is 0.493 e. The number of hydrogen-bond acceptors (Lipinski definition) is 6. The second kappa shape index (κ2) is 8.29. The van der Waals surface area contributed by atoms with Gasteiger partial charge in [0.15, 0.2) is 23.0 Å². The summed E-state index contributed by atoms with van der Waals surface area (Å²) >= 11 is 0. The fourth-order valence-corrected chi connectivity index (χ4v) is 3.38. The maximum atomic E-state index is 12.8. The maximum Gasteiger partial charge on any atom is 0.573 e. The first kappa shape index (κ1) is 21.3. The molecule has 0 fully saturated rings. The van der Waals surface area contributed by atoms with E-state index in [1.807, 2.05) is 0 Å². The van der Waals surface area contributed by atoms with E-state index in [0.717, 1.165) is 0 Å². The van der Waals surface area contributed by atoms with Gasteiger partial charge in [0.2, 0.25) is 5.75 Å². The molecule has 0 unspecified atom stereocenters. The summed E-state index contributed by atoms with van der Waals surface area (Å²) in [5.41, 5.74) is 1.89. The van der Waals surface area contributed by atoms with E-state index >= 15 is 0 Å². The first-order valence-electron chi connectivity index (χ1n) is 9.35. The number of ether oxygens (including phenoxy) is 4. The Bertz CT molecular complexity index is 1250. The predicted octanol–water partition coefficient (Wildman–Crippen LogP) is 4.99. The van der Waals surface area contributed by atoms with Crippen molar-refractivity contribution in [1.29, 1.82) is 0 Å². The van der Waals surface area contributed by atoms with Crippen LogP contribution in [0.15, 0.2) is 54.7 Å². The van der Waals surface area contributed by atoms with Gasteiger partial charge in [-0.15, -0.1) is 23.4 Å². The first-order chi connectivity index (χ1) is 15.3. The number of nitrogens with zero attached hydrogens (tertiary/aromatic N) is 3. The van der Waals surface area contributed by atoms with Gasteiger partial charge in [-0.1, -0.05) is 18.2 Å². The average Bonchev–Trinajstić information content (AvgIpc) is 3.20. The summed E-state index contributed by atoms with van der Waals surface area (Å²) in [5, 5.41) is 8.39. The van der Waals surface area contributed by atoms with Crippen molar-refractivity contribution in [2.24, 2.45) is 0 Å². The topological polar surface area (TPSA) is 67.1 Å². The molecule has 32 heavy (non-hydrogen) atoms. The van der Waals surface area contributed by atoms with Crippen molar-refractivity contribution >= 4 is 5.65 Å². The number of pyridine rings is 1. The van der Waals surface area contributed by atoms with E-state index in [2.05, 4.69) is 14.9 Å². The Hall–Kier alpha value is -3.95. The number of aromatic nitrogens is 3. The Kier molecular flexibility index (Phi) is 5.52. The van der Waals surface area contributed by atoms with Crippen molar-refractivity contribution in [2.45, 2.75) is 6.36 Å². The van der Waals surface area contributed by atoms with Crippen LogP contribution in [0.25, 0.3) is 28.2 Å². The molecule has 0 spiro atoms. The lowest BCUT2D eigenvalue weighted by molar-refractivity contribution is -0.274. The van der Waals surface area contributed by atoms with E-state index in [1.54, 1.807) is 47.0 Å². The minimum absolute atomic E-state index is 0.274. The predicted molar refractivity (Wildman–Crippen MR) is 110 cm³/mol. The summed E-state index contributed by atoms with van der Waals surface area (Å²) in [6, 6.07) is 12.7. The first-order valence-corrected chi connectivity index (χ1v) is 9.35. The van der Waals surface area contributed by atoms with Gasteiger partial charge in [-0.2, -0.15) is 0 Å². The van der Waals surface area contributed by atoms with E-state index < -0.39 is 6.36 Å². The molecule has 0 saturated carbocycles. The van der Waals surface area contributed by atoms with Crippen LogP contribution in [0.4, 0.5) is 13.2 Å². The summed E-state index contributed by atoms with van der Waals surface area (Å²) in [7, 11) is 4.50. The highest BCUT2D eigenvalue weighted by Crippen LogP contribution is 2.41. The molecule has 2 aromatic carbocycles. The van der Waals surface area contributed by atoms with Crippen molar-refractivity contribution in [3.63, 3.8) is 0 Å². The Morgan fingerprint density at radius 3 is 2.09 bits per heavy atom. The molecule has 2 aromatic heterocycles. The summed E-state index contributed by atoms with van der Waals surface area (Å²) < 4.78 is 60.6.